The van der Waals surface area contributed by atoms with Crippen molar-refractivity contribution in [1.29, 1.82) is 0 Å². The Bertz CT molecular complexity index is 1290. The number of amides is 1. The van der Waals surface area contributed by atoms with Crippen molar-refractivity contribution in [2.75, 3.05) is 60.2 Å². The maximum atomic E-state index is 12.6. The molecule has 10 nitrogen and oxygen atoms in total. The number of carbonyl (C=O) groups excluding carboxylic acids is 1. The van der Waals surface area contributed by atoms with Crippen LogP contribution < -0.4 is 25.2 Å². The van der Waals surface area contributed by atoms with Crippen LogP contribution in [0.25, 0.3) is 0 Å². The first-order valence-corrected chi connectivity index (χ1v) is 12.7. The molecule has 2 aliphatic rings. The molecule has 1 amide bonds. The van der Waals surface area contributed by atoms with Gasteiger partial charge in [0.15, 0.2) is 17.2 Å². The van der Waals surface area contributed by atoms with Crippen LogP contribution in [0.3, 0.4) is 0 Å². The predicted molar refractivity (Wildman–Crippen MR) is 146 cm³/mol. The molecule has 0 bridgehead atoms. The summed E-state index contributed by atoms with van der Waals surface area (Å²) in [6.07, 6.45) is 1.76. The highest BCUT2D eigenvalue weighted by molar-refractivity contribution is 6.01. The third kappa shape index (κ3) is 5.15. The van der Waals surface area contributed by atoms with Gasteiger partial charge in [0.2, 0.25) is 5.95 Å². The van der Waals surface area contributed by atoms with E-state index in [1.54, 1.807) is 27.1 Å². The standard InChI is InChI=1S/C27H34N8O2/c1-6-34-13-15-35(16-14-34)20-9-7-19(8-10-20)29-26-28-17-18(2)23(32-26)30-22-12-11-21-24(31-22)33(5)25(36)27(3,4)37-21/h7-12,17H,6,13-16H2,1-5H3,(H2,28,29,30,31,32). The van der Waals surface area contributed by atoms with Gasteiger partial charge in [0.1, 0.15) is 11.6 Å². The number of nitrogens with zero attached hydrogens (tertiary/aromatic N) is 6. The van der Waals surface area contributed by atoms with Crippen LogP contribution in [0.5, 0.6) is 5.75 Å². The first-order chi connectivity index (χ1) is 17.7. The Hall–Kier alpha value is -3.92. The Kier molecular flexibility index (Phi) is 6.59. The quantitative estimate of drug-likeness (QED) is 0.519. The van der Waals surface area contributed by atoms with Crippen LogP contribution in [0.2, 0.25) is 0 Å². The summed E-state index contributed by atoms with van der Waals surface area (Å²) in [4.78, 5) is 32.7. The number of pyridine rings is 1. The van der Waals surface area contributed by atoms with Crippen molar-refractivity contribution in [3.8, 4) is 5.75 Å². The lowest BCUT2D eigenvalue weighted by molar-refractivity contribution is -0.132. The number of hydrogen-bond donors (Lipinski definition) is 2. The van der Waals surface area contributed by atoms with E-state index in [0.717, 1.165) is 44.0 Å². The van der Waals surface area contributed by atoms with Gasteiger partial charge in [0, 0.05) is 56.4 Å². The number of likely N-dealkylation sites (N-methyl/N-ethyl adjacent to an activating group) is 2. The third-order valence-electron chi connectivity index (χ3n) is 6.87. The van der Waals surface area contributed by atoms with E-state index in [9.17, 15) is 4.79 Å². The van der Waals surface area contributed by atoms with Crippen molar-refractivity contribution in [2.24, 2.45) is 0 Å². The van der Waals surface area contributed by atoms with Crippen LogP contribution >= 0.6 is 0 Å². The number of nitrogens with one attached hydrogen (secondary N) is 2. The molecule has 0 saturated carbocycles. The smallest absolute Gasteiger partial charge is 0.271 e. The number of hydrogen-bond acceptors (Lipinski definition) is 9. The second kappa shape index (κ2) is 9.85. The Balaban J connectivity index is 1.28. The van der Waals surface area contributed by atoms with Gasteiger partial charge in [-0.1, -0.05) is 6.92 Å². The summed E-state index contributed by atoms with van der Waals surface area (Å²) in [5.74, 6) is 2.55. The maximum Gasteiger partial charge on any atom is 0.271 e. The fourth-order valence-corrected chi connectivity index (χ4v) is 4.60. The van der Waals surface area contributed by atoms with Gasteiger partial charge >= 0.3 is 0 Å². The number of ether oxygens (including phenoxy) is 1. The minimum Gasteiger partial charge on any atom is -0.474 e. The number of rotatable bonds is 6. The van der Waals surface area contributed by atoms with Crippen LogP contribution in [0.1, 0.15) is 26.3 Å². The molecule has 194 valence electrons. The molecule has 3 aromatic rings. The summed E-state index contributed by atoms with van der Waals surface area (Å²) in [7, 11) is 1.70. The van der Waals surface area contributed by atoms with Crippen molar-refractivity contribution in [3.63, 3.8) is 0 Å². The lowest BCUT2D eigenvalue weighted by Gasteiger charge is -2.36. The van der Waals surface area contributed by atoms with E-state index in [-0.39, 0.29) is 5.91 Å². The second-order valence-corrected chi connectivity index (χ2v) is 9.94. The predicted octanol–water partition coefficient (Wildman–Crippen LogP) is 3.94. The Morgan fingerprint density at radius 2 is 1.73 bits per heavy atom. The van der Waals surface area contributed by atoms with Gasteiger partial charge in [0.05, 0.1) is 0 Å². The van der Waals surface area contributed by atoms with E-state index < -0.39 is 5.60 Å². The zero-order valence-corrected chi connectivity index (χ0v) is 22.1. The largest absolute Gasteiger partial charge is 0.474 e. The molecule has 0 spiro atoms. The van der Waals surface area contributed by atoms with Gasteiger partial charge < -0.3 is 25.2 Å². The van der Waals surface area contributed by atoms with E-state index >= 15 is 0 Å². The highest BCUT2D eigenvalue weighted by atomic mass is 16.5. The molecule has 1 saturated heterocycles. The molecule has 2 aliphatic heterocycles. The minimum atomic E-state index is -0.926. The molecule has 1 fully saturated rings. The lowest BCUT2D eigenvalue weighted by Crippen LogP contribution is -2.51. The first kappa shape index (κ1) is 24.8. The van der Waals surface area contributed by atoms with Crippen molar-refractivity contribution in [1.82, 2.24) is 19.9 Å². The van der Waals surface area contributed by atoms with Crippen LogP contribution in [0, 0.1) is 6.92 Å². The Morgan fingerprint density at radius 1 is 1.00 bits per heavy atom. The van der Waals surface area contributed by atoms with Gasteiger partial charge in [-0.15, -0.1) is 0 Å². The molecule has 0 atom stereocenters. The topological polar surface area (TPSA) is 98.8 Å². The van der Waals surface area contributed by atoms with Gasteiger partial charge in [-0.25, -0.2) is 9.97 Å². The molecule has 2 N–H and O–H groups in total. The van der Waals surface area contributed by atoms with Crippen LogP contribution in [-0.4, -0.2) is 71.1 Å². The van der Waals surface area contributed by atoms with Gasteiger partial charge in [-0.05, 0) is 63.7 Å². The molecular weight excluding hydrogens is 468 g/mol. The van der Waals surface area contributed by atoms with E-state index in [4.69, 9.17) is 4.74 Å². The molecule has 37 heavy (non-hydrogen) atoms. The fourth-order valence-electron chi connectivity index (χ4n) is 4.60. The van der Waals surface area contributed by atoms with Crippen molar-refractivity contribution >= 4 is 40.7 Å². The highest BCUT2D eigenvalue weighted by Crippen LogP contribution is 2.36. The molecule has 2 aromatic heterocycles. The Morgan fingerprint density at radius 3 is 2.43 bits per heavy atom. The zero-order chi connectivity index (χ0) is 26.2. The summed E-state index contributed by atoms with van der Waals surface area (Å²) in [6, 6.07) is 12.0. The van der Waals surface area contributed by atoms with Crippen LogP contribution in [0.4, 0.5) is 34.8 Å². The van der Waals surface area contributed by atoms with E-state index in [2.05, 4.69) is 66.6 Å². The van der Waals surface area contributed by atoms with Crippen molar-refractivity contribution in [2.45, 2.75) is 33.3 Å². The van der Waals surface area contributed by atoms with E-state index in [1.807, 2.05) is 19.1 Å². The summed E-state index contributed by atoms with van der Waals surface area (Å²) in [5.41, 5.74) is 2.08. The molecule has 4 heterocycles. The molecule has 0 aliphatic carbocycles. The van der Waals surface area contributed by atoms with Gasteiger partial charge in [-0.2, -0.15) is 4.98 Å². The lowest BCUT2D eigenvalue weighted by atomic mass is 10.1. The second-order valence-electron chi connectivity index (χ2n) is 9.94. The highest BCUT2D eigenvalue weighted by Gasteiger charge is 2.40. The summed E-state index contributed by atoms with van der Waals surface area (Å²) < 4.78 is 5.85. The van der Waals surface area contributed by atoms with Crippen molar-refractivity contribution < 1.29 is 9.53 Å². The third-order valence-corrected chi connectivity index (χ3v) is 6.87. The number of anilines is 6. The van der Waals surface area contributed by atoms with E-state index in [1.165, 1.54) is 10.6 Å². The average Bonchev–Trinajstić information content (AvgIpc) is 2.90. The molecule has 10 heteroatoms. The van der Waals surface area contributed by atoms with Gasteiger partial charge in [0.25, 0.3) is 5.91 Å². The number of aromatic nitrogens is 3. The van der Waals surface area contributed by atoms with Crippen molar-refractivity contribution in [3.05, 3.63) is 48.2 Å². The normalized spacial score (nSPS) is 17.3. The molecular formula is C27H34N8O2. The molecule has 0 radical (unpaired) electrons. The molecule has 5 rings (SSSR count). The van der Waals surface area contributed by atoms with Crippen LogP contribution in [-0.2, 0) is 4.79 Å². The minimum absolute atomic E-state index is 0.149. The molecule has 0 unspecified atom stereocenters. The van der Waals surface area contributed by atoms with Crippen LogP contribution in [0.15, 0.2) is 42.6 Å². The zero-order valence-electron chi connectivity index (χ0n) is 22.1. The maximum absolute atomic E-state index is 12.6. The first-order valence-electron chi connectivity index (χ1n) is 12.7. The summed E-state index contributed by atoms with van der Waals surface area (Å²) in [6.45, 7) is 13.0. The van der Waals surface area contributed by atoms with E-state index in [0.29, 0.717) is 29.2 Å². The number of benzene rings is 1. The SMILES string of the molecule is CCN1CCN(c2ccc(Nc3ncc(C)c(Nc4ccc5c(n4)N(C)C(=O)C(C)(C)O5)n3)cc2)CC1. The molecule has 1 aromatic carbocycles. The van der Waals surface area contributed by atoms with Gasteiger partial charge in [-0.3, -0.25) is 9.69 Å². The summed E-state index contributed by atoms with van der Waals surface area (Å²) >= 11 is 0. The Labute approximate surface area is 217 Å². The summed E-state index contributed by atoms with van der Waals surface area (Å²) in [5, 5.41) is 6.55. The number of piperazine rings is 1. The number of carbonyl (C=O) groups is 1. The average molecular weight is 503 g/mol. The number of fused-ring (bicyclic) bond motifs is 1. The number of aryl methyl sites for hydroxylation is 1. The monoisotopic (exact) mass is 502 g/mol. The fraction of sp³-hybridized carbons (Fsp3) is 0.407.